The number of hydrogen-bond acceptors (Lipinski definition) is 2. The molecule has 3 nitrogen and oxygen atoms in total. The molecule has 0 radical (unpaired) electrons. The van der Waals surface area contributed by atoms with Crippen molar-refractivity contribution in [1.29, 1.82) is 0 Å². The van der Waals surface area contributed by atoms with Crippen LogP contribution >= 0.6 is 0 Å². The number of nitrogens with one attached hydrogen (secondary N) is 1. The molecule has 0 saturated carbocycles. The summed E-state index contributed by atoms with van der Waals surface area (Å²) < 4.78 is 2.02. The molecule has 1 unspecified atom stereocenters. The Balaban J connectivity index is 2.65. The van der Waals surface area contributed by atoms with Gasteiger partial charge < -0.3 is 5.32 Å². The molecule has 86 valence electrons. The van der Waals surface area contributed by atoms with Crippen molar-refractivity contribution in [3.05, 3.63) is 17.5 Å². The first-order chi connectivity index (χ1) is 7.21. The molecule has 1 heterocycles. The lowest BCUT2D eigenvalue weighted by molar-refractivity contribution is 0.466. The van der Waals surface area contributed by atoms with Crippen molar-refractivity contribution in [3.8, 4) is 0 Å². The summed E-state index contributed by atoms with van der Waals surface area (Å²) >= 11 is 0. The maximum atomic E-state index is 4.47. The first-order valence-corrected chi connectivity index (χ1v) is 5.87. The van der Waals surface area contributed by atoms with Crippen molar-refractivity contribution >= 4 is 0 Å². The van der Waals surface area contributed by atoms with Gasteiger partial charge >= 0.3 is 0 Å². The Morgan fingerprint density at radius 1 is 1.47 bits per heavy atom. The maximum Gasteiger partial charge on any atom is 0.0624 e. The Bertz CT molecular complexity index is 291. The first kappa shape index (κ1) is 12.2. The van der Waals surface area contributed by atoms with E-state index in [2.05, 4.69) is 30.3 Å². The molecule has 0 amide bonds. The van der Waals surface area contributed by atoms with Crippen molar-refractivity contribution in [2.75, 3.05) is 13.6 Å². The summed E-state index contributed by atoms with van der Waals surface area (Å²) in [5.41, 5.74) is 2.56. The average Bonchev–Trinajstić information content (AvgIpc) is 2.59. The molecule has 0 aromatic carbocycles. The van der Waals surface area contributed by atoms with Crippen LogP contribution < -0.4 is 5.32 Å². The average molecular weight is 209 g/mol. The van der Waals surface area contributed by atoms with E-state index in [1.807, 2.05) is 18.8 Å². The SMILES string of the molecule is CCc1cc(CC(CC)CNC)n(C)n1. The van der Waals surface area contributed by atoms with E-state index >= 15 is 0 Å². The minimum Gasteiger partial charge on any atom is -0.319 e. The third-order valence-corrected chi connectivity index (χ3v) is 2.96. The van der Waals surface area contributed by atoms with Crippen LogP contribution in [0.15, 0.2) is 6.07 Å². The number of aromatic nitrogens is 2. The van der Waals surface area contributed by atoms with E-state index in [-0.39, 0.29) is 0 Å². The van der Waals surface area contributed by atoms with Crippen LogP contribution in [0.3, 0.4) is 0 Å². The predicted molar refractivity (Wildman–Crippen MR) is 64.0 cm³/mol. The normalized spacial score (nSPS) is 13.1. The van der Waals surface area contributed by atoms with Crippen LogP contribution in [0.2, 0.25) is 0 Å². The zero-order chi connectivity index (χ0) is 11.3. The van der Waals surface area contributed by atoms with Crippen LogP contribution in [0.4, 0.5) is 0 Å². The number of hydrogen-bond donors (Lipinski definition) is 1. The third kappa shape index (κ3) is 3.34. The molecular weight excluding hydrogens is 186 g/mol. The summed E-state index contributed by atoms with van der Waals surface area (Å²) in [6.45, 7) is 5.49. The van der Waals surface area contributed by atoms with E-state index in [1.54, 1.807) is 0 Å². The summed E-state index contributed by atoms with van der Waals surface area (Å²) in [7, 11) is 4.06. The fourth-order valence-corrected chi connectivity index (χ4v) is 1.88. The van der Waals surface area contributed by atoms with Crippen LogP contribution in [0.5, 0.6) is 0 Å². The highest BCUT2D eigenvalue weighted by molar-refractivity contribution is 5.10. The zero-order valence-corrected chi connectivity index (χ0v) is 10.4. The fourth-order valence-electron chi connectivity index (χ4n) is 1.88. The van der Waals surface area contributed by atoms with E-state index in [1.165, 1.54) is 17.8 Å². The Morgan fingerprint density at radius 3 is 2.67 bits per heavy atom. The molecule has 1 rings (SSSR count). The van der Waals surface area contributed by atoms with Crippen molar-refractivity contribution in [1.82, 2.24) is 15.1 Å². The number of nitrogens with zero attached hydrogens (tertiary/aromatic N) is 2. The lowest BCUT2D eigenvalue weighted by Gasteiger charge is -2.13. The second kappa shape index (κ2) is 5.91. The summed E-state index contributed by atoms with van der Waals surface area (Å²) in [6.07, 6.45) is 3.37. The molecule has 15 heavy (non-hydrogen) atoms. The molecule has 0 aliphatic rings. The lowest BCUT2D eigenvalue weighted by atomic mass is 10.00. The van der Waals surface area contributed by atoms with E-state index in [0.29, 0.717) is 0 Å². The monoisotopic (exact) mass is 209 g/mol. The highest BCUT2D eigenvalue weighted by Gasteiger charge is 2.10. The third-order valence-electron chi connectivity index (χ3n) is 2.96. The molecule has 0 bridgehead atoms. The summed E-state index contributed by atoms with van der Waals surface area (Å²) in [6, 6.07) is 2.23. The highest BCUT2D eigenvalue weighted by Crippen LogP contribution is 2.12. The van der Waals surface area contributed by atoms with Crippen molar-refractivity contribution in [3.63, 3.8) is 0 Å². The summed E-state index contributed by atoms with van der Waals surface area (Å²) in [5.74, 6) is 0.718. The molecular formula is C12H23N3. The molecule has 0 saturated heterocycles. The van der Waals surface area contributed by atoms with Gasteiger partial charge in [0, 0.05) is 12.7 Å². The van der Waals surface area contributed by atoms with E-state index in [9.17, 15) is 0 Å². The first-order valence-electron chi connectivity index (χ1n) is 5.87. The van der Waals surface area contributed by atoms with E-state index < -0.39 is 0 Å². The van der Waals surface area contributed by atoms with Gasteiger partial charge in [-0.15, -0.1) is 0 Å². The molecule has 0 fully saturated rings. The standard InChI is InChI=1S/C12H23N3/c1-5-10(9-13-3)7-12-8-11(6-2)14-15(12)4/h8,10,13H,5-7,9H2,1-4H3. The van der Waals surface area contributed by atoms with Crippen molar-refractivity contribution < 1.29 is 0 Å². The van der Waals surface area contributed by atoms with Crippen LogP contribution in [0, 0.1) is 5.92 Å². The summed E-state index contributed by atoms with van der Waals surface area (Å²) in [4.78, 5) is 0. The molecule has 0 aliphatic heterocycles. The molecule has 1 aromatic rings. The van der Waals surface area contributed by atoms with Gasteiger partial charge in [-0.25, -0.2) is 0 Å². The lowest BCUT2D eigenvalue weighted by Crippen LogP contribution is -2.21. The fraction of sp³-hybridized carbons (Fsp3) is 0.750. The van der Waals surface area contributed by atoms with Gasteiger partial charge in [-0.3, -0.25) is 4.68 Å². The van der Waals surface area contributed by atoms with E-state index in [4.69, 9.17) is 0 Å². The van der Waals surface area contributed by atoms with Crippen LogP contribution in [0.1, 0.15) is 31.7 Å². The Kier molecular flexibility index (Phi) is 4.82. The second-order valence-corrected chi connectivity index (χ2v) is 4.14. The van der Waals surface area contributed by atoms with Gasteiger partial charge in [-0.05, 0) is 38.4 Å². The van der Waals surface area contributed by atoms with Crippen molar-refractivity contribution in [2.45, 2.75) is 33.1 Å². The molecule has 1 aromatic heterocycles. The quantitative estimate of drug-likeness (QED) is 0.774. The van der Waals surface area contributed by atoms with E-state index in [0.717, 1.165) is 25.3 Å². The molecule has 0 aliphatic carbocycles. The van der Waals surface area contributed by atoms with Crippen molar-refractivity contribution in [2.24, 2.45) is 13.0 Å². The number of aryl methyl sites for hydroxylation is 2. The smallest absolute Gasteiger partial charge is 0.0624 e. The Hall–Kier alpha value is -0.830. The summed E-state index contributed by atoms with van der Waals surface area (Å²) in [5, 5.41) is 7.72. The highest BCUT2D eigenvalue weighted by atomic mass is 15.3. The molecule has 0 spiro atoms. The largest absolute Gasteiger partial charge is 0.319 e. The predicted octanol–water partition coefficient (Wildman–Crippen LogP) is 1.77. The number of rotatable bonds is 6. The maximum absolute atomic E-state index is 4.47. The van der Waals surface area contributed by atoms with Gasteiger partial charge in [0.05, 0.1) is 5.69 Å². The molecule has 1 atom stereocenters. The van der Waals surface area contributed by atoms with Crippen LogP contribution in [-0.4, -0.2) is 23.4 Å². The Morgan fingerprint density at radius 2 is 2.20 bits per heavy atom. The molecule has 3 heteroatoms. The zero-order valence-electron chi connectivity index (χ0n) is 10.4. The second-order valence-electron chi connectivity index (χ2n) is 4.14. The van der Waals surface area contributed by atoms with Gasteiger partial charge in [-0.2, -0.15) is 5.10 Å². The topological polar surface area (TPSA) is 29.9 Å². The van der Waals surface area contributed by atoms with Gasteiger partial charge in [0.1, 0.15) is 0 Å². The van der Waals surface area contributed by atoms with Gasteiger partial charge in [0.25, 0.3) is 0 Å². The van der Waals surface area contributed by atoms with Gasteiger partial charge in [0.15, 0.2) is 0 Å². The van der Waals surface area contributed by atoms with Gasteiger partial charge in [0.2, 0.25) is 0 Å². The van der Waals surface area contributed by atoms with Crippen LogP contribution in [-0.2, 0) is 19.9 Å². The minimum absolute atomic E-state index is 0.718. The minimum atomic E-state index is 0.718. The van der Waals surface area contributed by atoms with Crippen LogP contribution in [0.25, 0.3) is 0 Å². The van der Waals surface area contributed by atoms with Gasteiger partial charge in [-0.1, -0.05) is 20.3 Å². The Labute approximate surface area is 92.9 Å². The molecule has 1 N–H and O–H groups in total.